The first-order valence-corrected chi connectivity index (χ1v) is 6.53. The minimum atomic E-state index is -1.22. The number of hydrogen-bond donors (Lipinski definition) is 1. The topological polar surface area (TPSA) is 83.6 Å². The first-order valence-electron chi connectivity index (χ1n) is 6.53. The summed E-state index contributed by atoms with van der Waals surface area (Å²) in [5, 5.41) is 12.2. The van der Waals surface area contributed by atoms with Gasteiger partial charge in [0, 0.05) is 19.7 Å². The highest BCUT2D eigenvalue weighted by atomic mass is 16.5. The number of rotatable bonds is 4. The summed E-state index contributed by atoms with van der Waals surface area (Å²) in [7, 11) is 1.71. The maximum absolute atomic E-state index is 12.1. The Balaban J connectivity index is 1.95. The third-order valence-corrected chi connectivity index (χ3v) is 3.54. The molecule has 1 aromatic heterocycles. The number of carboxylic acid groups (broad SMARTS) is 1. The number of carbonyl (C=O) groups excluding carboxylic acids is 1. The molecule has 0 aliphatic heterocycles. The summed E-state index contributed by atoms with van der Waals surface area (Å²) >= 11 is 0. The van der Waals surface area contributed by atoms with Gasteiger partial charge in [-0.25, -0.2) is 4.79 Å². The predicted octanol–water partition coefficient (Wildman–Crippen LogP) is 2.03. The van der Waals surface area contributed by atoms with Gasteiger partial charge in [0.15, 0.2) is 5.69 Å². The summed E-state index contributed by atoms with van der Waals surface area (Å²) in [5.41, 5.74) is 0.0516. The monoisotopic (exact) mass is 266 g/mol. The number of carboxylic acids is 1. The molecule has 0 saturated heterocycles. The molecule has 0 bridgehead atoms. The first kappa shape index (κ1) is 13.6. The lowest BCUT2D eigenvalue weighted by atomic mass is 9.89. The maximum atomic E-state index is 12.1. The highest BCUT2D eigenvalue weighted by molar-refractivity contribution is 5.94. The summed E-state index contributed by atoms with van der Waals surface area (Å²) in [4.78, 5) is 24.3. The van der Waals surface area contributed by atoms with Gasteiger partial charge in [-0.2, -0.15) is 0 Å². The summed E-state index contributed by atoms with van der Waals surface area (Å²) in [6, 6.07) is 1.17. The molecule has 1 aliphatic carbocycles. The zero-order valence-electron chi connectivity index (χ0n) is 11.0. The smallest absolute Gasteiger partial charge is 0.374 e. The zero-order chi connectivity index (χ0) is 13.8. The maximum Gasteiger partial charge on any atom is 0.374 e. The lowest BCUT2D eigenvalue weighted by Gasteiger charge is -2.26. The Morgan fingerprint density at radius 3 is 2.68 bits per heavy atom. The van der Waals surface area contributed by atoms with E-state index in [0.717, 1.165) is 12.8 Å². The molecule has 0 unspecified atom stereocenters. The van der Waals surface area contributed by atoms with Crippen LogP contribution in [0.15, 0.2) is 10.6 Å². The van der Waals surface area contributed by atoms with Gasteiger partial charge in [0.05, 0.1) is 0 Å². The molecular formula is C13H18N2O4. The molecule has 19 heavy (non-hydrogen) atoms. The van der Waals surface area contributed by atoms with Gasteiger partial charge in [-0.1, -0.05) is 24.4 Å². The van der Waals surface area contributed by atoms with Gasteiger partial charge < -0.3 is 14.5 Å². The molecule has 104 valence electrons. The molecule has 1 saturated carbocycles. The average molecular weight is 266 g/mol. The van der Waals surface area contributed by atoms with Gasteiger partial charge in [0.25, 0.3) is 5.91 Å². The molecule has 1 aliphatic rings. The Kier molecular flexibility index (Phi) is 4.19. The summed E-state index contributed by atoms with van der Waals surface area (Å²) in [5.74, 6) is -1.29. The molecule has 0 aromatic carbocycles. The first-order chi connectivity index (χ1) is 9.08. The second-order valence-corrected chi connectivity index (χ2v) is 5.07. The summed E-state index contributed by atoms with van der Waals surface area (Å²) in [6.45, 7) is 0.689. The van der Waals surface area contributed by atoms with E-state index in [1.807, 2.05) is 0 Å². The van der Waals surface area contributed by atoms with Gasteiger partial charge in [-0.05, 0) is 18.8 Å². The van der Waals surface area contributed by atoms with E-state index in [1.54, 1.807) is 11.9 Å². The van der Waals surface area contributed by atoms with Crippen LogP contribution >= 0.6 is 0 Å². The van der Waals surface area contributed by atoms with Gasteiger partial charge in [0.2, 0.25) is 5.76 Å². The van der Waals surface area contributed by atoms with Crippen LogP contribution in [0.3, 0.4) is 0 Å². The van der Waals surface area contributed by atoms with Crippen molar-refractivity contribution in [3.05, 3.63) is 17.5 Å². The molecule has 1 heterocycles. The van der Waals surface area contributed by atoms with Gasteiger partial charge in [-0.3, -0.25) is 4.79 Å². The Morgan fingerprint density at radius 1 is 1.42 bits per heavy atom. The Hall–Kier alpha value is -1.85. The third kappa shape index (κ3) is 3.33. The quantitative estimate of drug-likeness (QED) is 0.901. The number of nitrogens with zero attached hydrogens (tertiary/aromatic N) is 2. The molecule has 0 spiro atoms. The minimum absolute atomic E-state index is 0.0516. The fraction of sp³-hybridized carbons (Fsp3) is 0.615. The number of aromatic nitrogens is 1. The van der Waals surface area contributed by atoms with E-state index in [2.05, 4.69) is 9.68 Å². The number of amides is 1. The molecule has 0 atom stereocenters. The molecular weight excluding hydrogens is 248 g/mol. The standard InChI is InChI=1S/C13H18N2O4/c1-15(8-9-5-3-2-4-6-9)12(16)10-7-11(13(17)18)19-14-10/h7,9H,2-6,8H2,1H3,(H,17,18). The van der Waals surface area contributed by atoms with E-state index in [9.17, 15) is 9.59 Å². The van der Waals surface area contributed by atoms with Crippen LogP contribution in [-0.4, -0.2) is 40.6 Å². The van der Waals surface area contributed by atoms with E-state index in [0.29, 0.717) is 12.5 Å². The van der Waals surface area contributed by atoms with Crippen molar-refractivity contribution < 1.29 is 19.2 Å². The molecule has 1 N–H and O–H groups in total. The Bertz CT molecular complexity index is 463. The molecule has 1 amide bonds. The zero-order valence-corrected chi connectivity index (χ0v) is 11.0. The van der Waals surface area contributed by atoms with Crippen LogP contribution < -0.4 is 0 Å². The van der Waals surface area contributed by atoms with Crippen molar-refractivity contribution in [2.45, 2.75) is 32.1 Å². The fourth-order valence-electron chi connectivity index (χ4n) is 2.51. The summed E-state index contributed by atoms with van der Waals surface area (Å²) in [6.07, 6.45) is 6.02. The van der Waals surface area contributed by atoms with E-state index in [4.69, 9.17) is 5.11 Å². The third-order valence-electron chi connectivity index (χ3n) is 3.54. The van der Waals surface area contributed by atoms with Crippen molar-refractivity contribution in [1.82, 2.24) is 10.1 Å². The second kappa shape index (κ2) is 5.86. The van der Waals surface area contributed by atoms with E-state index >= 15 is 0 Å². The normalized spacial score (nSPS) is 16.3. The lowest BCUT2D eigenvalue weighted by Crippen LogP contribution is -2.32. The highest BCUT2D eigenvalue weighted by Gasteiger charge is 2.22. The molecule has 1 aromatic rings. The van der Waals surface area contributed by atoms with Crippen LogP contribution in [0.4, 0.5) is 0 Å². The Labute approximate surface area is 111 Å². The second-order valence-electron chi connectivity index (χ2n) is 5.07. The predicted molar refractivity (Wildman–Crippen MR) is 67.0 cm³/mol. The fourth-order valence-corrected chi connectivity index (χ4v) is 2.51. The number of hydrogen-bond acceptors (Lipinski definition) is 4. The number of aromatic carboxylic acids is 1. The van der Waals surface area contributed by atoms with E-state index < -0.39 is 5.97 Å². The lowest BCUT2D eigenvalue weighted by molar-refractivity contribution is 0.0649. The van der Waals surface area contributed by atoms with Gasteiger partial charge >= 0.3 is 5.97 Å². The minimum Gasteiger partial charge on any atom is -0.475 e. The van der Waals surface area contributed by atoms with Crippen LogP contribution in [0.5, 0.6) is 0 Å². The van der Waals surface area contributed by atoms with Crippen LogP contribution in [0, 0.1) is 5.92 Å². The summed E-state index contributed by atoms with van der Waals surface area (Å²) < 4.78 is 4.59. The van der Waals surface area contributed by atoms with Gasteiger partial charge in [-0.15, -0.1) is 0 Å². The van der Waals surface area contributed by atoms with Crippen LogP contribution in [-0.2, 0) is 0 Å². The molecule has 6 nitrogen and oxygen atoms in total. The van der Waals surface area contributed by atoms with Crippen molar-refractivity contribution >= 4 is 11.9 Å². The largest absolute Gasteiger partial charge is 0.475 e. The number of carbonyl (C=O) groups is 2. The van der Waals surface area contributed by atoms with Gasteiger partial charge in [0.1, 0.15) is 0 Å². The molecule has 1 fully saturated rings. The van der Waals surface area contributed by atoms with Crippen LogP contribution in [0.1, 0.15) is 53.1 Å². The Morgan fingerprint density at radius 2 is 2.11 bits per heavy atom. The van der Waals surface area contributed by atoms with E-state index in [1.165, 1.54) is 25.3 Å². The average Bonchev–Trinajstić information content (AvgIpc) is 2.88. The van der Waals surface area contributed by atoms with Crippen LogP contribution in [0.25, 0.3) is 0 Å². The molecule has 6 heteroatoms. The molecule has 0 radical (unpaired) electrons. The van der Waals surface area contributed by atoms with Crippen molar-refractivity contribution in [2.24, 2.45) is 5.92 Å². The van der Waals surface area contributed by atoms with E-state index in [-0.39, 0.29) is 17.4 Å². The van der Waals surface area contributed by atoms with Crippen molar-refractivity contribution in [1.29, 1.82) is 0 Å². The van der Waals surface area contributed by atoms with Crippen molar-refractivity contribution in [3.8, 4) is 0 Å². The van der Waals surface area contributed by atoms with Crippen molar-refractivity contribution in [2.75, 3.05) is 13.6 Å². The molecule has 2 rings (SSSR count). The van der Waals surface area contributed by atoms with Crippen LogP contribution in [0.2, 0.25) is 0 Å². The highest BCUT2D eigenvalue weighted by Crippen LogP contribution is 2.24. The van der Waals surface area contributed by atoms with Crippen molar-refractivity contribution in [3.63, 3.8) is 0 Å². The SMILES string of the molecule is CN(CC1CCCCC1)C(=O)c1cc(C(=O)O)on1.